The highest BCUT2D eigenvalue weighted by Crippen LogP contribution is 1.80. The van der Waals surface area contributed by atoms with Crippen LogP contribution in [-0.2, 0) is 6.54 Å². The van der Waals surface area contributed by atoms with E-state index in [0.717, 1.165) is 13.1 Å². The molecule has 78 valence electrons. The average Bonchev–Trinajstić information content (AvgIpc) is 2.69. The van der Waals surface area contributed by atoms with Crippen LogP contribution >= 0.6 is 0 Å². The molecule has 0 aliphatic carbocycles. The number of hydrogen-bond acceptors (Lipinski definition) is 5. The third-order valence-corrected chi connectivity index (χ3v) is 1.68. The van der Waals surface area contributed by atoms with Crippen LogP contribution in [0.5, 0.6) is 0 Å². The van der Waals surface area contributed by atoms with E-state index in [1.54, 1.807) is 17.1 Å². The number of rotatable bonds is 6. The monoisotopic (exact) mass is 198 g/mol. The molecule has 1 heterocycles. The average molecular weight is 198 g/mol. The number of aromatic nitrogens is 3. The van der Waals surface area contributed by atoms with Crippen molar-refractivity contribution >= 4 is 5.84 Å². The summed E-state index contributed by atoms with van der Waals surface area (Å²) in [5, 5.41) is 21.7. The van der Waals surface area contributed by atoms with Crippen molar-refractivity contribution in [1.29, 1.82) is 0 Å². The Bertz CT molecular complexity index is 270. The van der Waals surface area contributed by atoms with Crippen molar-refractivity contribution in [1.82, 2.24) is 20.3 Å². The maximum absolute atomic E-state index is 8.25. The van der Waals surface area contributed by atoms with Crippen molar-refractivity contribution in [2.24, 2.45) is 10.9 Å². The van der Waals surface area contributed by atoms with Crippen molar-refractivity contribution in [3.8, 4) is 0 Å². The zero-order valence-corrected chi connectivity index (χ0v) is 7.80. The summed E-state index contributed by atoms with van der Waals surface area (Å²) in [5.41, 5.74) is 5.28. The minimum Gasteiger partial charge on any atom is -0.409 e. The molecule has 0 aromatic carbocycles. The van der Waals surface area contributed by atoms with Crippen LogP contribution in [-0.4, -0.2) is 39.1 Å². The molecule has 0 saturated heterocycles. The fourth-order valence-corrected chi connectivity index (χ4v) is 0.937. The first-order valence-corrected chi connectivity index (χ1v) is 4.34. The Labute approximate surface area is 81.6 Å². The van der Waals surface area contributed by atoms with E-state index in [9.17, 15) is 0 Å². The molecule has 0 saturated carbocycles. The highest BCUT2D eigenvalue weighted by molar-refractivity contribution is 5.79. The van der Waals surface area contributed by atoms with Gasteiger partial charge in [0.2, 0.25) is 0 Å². The summed E-state index contributed by atoms with van der Waals surface area (Å²) in [7, 11) is 0. The highest BCUT2D eigenvalue weighted by Gasteiger charge is 1.93. The molecule has 7 heteroatoms. The largest absolute Gasteiger partial charge is 0.409 e. The number of amidine groups is 1. The molecule has 0 amide bonds. The number of hydrogen-bond donors (Lipinski definition) is 3. The Balaban J connectivity index is 2.00. The molecule has 4 N–H and O–H groups in total. The van der Waals surface area contributed by atoms with Crippen LogP contribution in [0.2, 0.25) is 0 Å². The lowest BCUT2D eigenvalue weighted by Crippen LogP contribution is -2.25. The molecule has 0 atom stereocenters. The molecule has 0 aliphatic heterocycles. The fourth-order valence-electron chi connectivity index (χ4n) is 0.937. The van der Waals surface area contributed by atoms with Crippen LogP contribution in [0.4, 0.5) is 0 Å². The van der Waals surface area contributed by atoms with Crippen molar-refractivity contribution in [2.75, 3.05) is 13.1 Å². The molecule has 14 heavy (non-hydrogen) atoms. The normalized spacial score (nSPS) is 11.9. The van der Waals surface area contributed by atoms with Gasteiger partial charge in [0, 0.05) is 25.7 Å². The second-order valence-corrected chi connectivity index (χ2v) is 2.76. The van der Waals surface area contributed by atoms with Crippen LogP contribution in [0.1, 0.15) is 6.42 Å². The van der Waals surface area contributed by atoms with Gasteiger partial charge in [0.05, 0.1) is 12.7 Å². The molecule has 1 aromatic rings. The van der Waals surface area contributed by atoms with Crippen molar-refractivity contribution in [2.45, 2.75) is 13.0 Å². The fraction of sp³-hybridized carbons (Fsp3) is 0.571. The Morgan fingerprint density at radius 3 is 3.07 bits per heavy atom. The molecular formula is C7H14N6O. The van der Waals surface area contributed by atoms with Gasteiger partial charge in [-0.25, -0.2) is 0 Å². The van der Waals surface area contributed by atoms with E-state index in [0.29, 0.717) is 13.0 Å². The zero-order chi connectivity index (χ0) is 10.2. The Morgan fingerprint density at radius 2 is 2.43 bits per heavy atom. The molecule has 0 bridgehead atoms. The number of nitrogens with zero attached hydrogens (tertiary/aromatic N) is 4. The summed E-state index contributed by atoms with van der Waals surface area (Å²) >= 11 is 0. The van der Waals surface area contributed by atoms with Gasteiger partial charge in [0.25, 0.3) is 0 Å². The molecule has 7 nitrogen and oxygen atoms in total. The van der Waals surface area contributed by atoms with Gasteiger partial charge >= 0.3 is 0 Å². The predicted molar refractivity (Wildman–Crippen MR) is 50.9 cm³/mol. The van der Waals surface area contributed by atoms with Gasteiger partial charge in [-0.3, -0.25) is 4.68 Å². The van der Waals surface area contributed by atoms with E-state index in [-0.39, 0.29) is 5.84 Å². The van der Waals surface area contributed by atoms with Crippen molar-refractivity contribution < 1.29 is 5.21 Å². The van der Waals surface area contributed by atoms with E-state index in [1.807, 2.05) is 0 Å². The molecule has 0 unspecified atom stereocenters. The van der Waals surface area contributed by atoms with E-state index < -0.39 is 0 Å². The molecule has 0 aliphatic rings. The maximum atomic E-state index is 8.25. The molecule has 0 spiro atoms. The van der Waals surface area contributed by atoms with Gasteiger partial charge in [0.15, 0.2) is 0 Å². The van der Waals surface area contributed by atoms with Crippen LogP contribution in [0.25, 0.3) is 0 Å². The first-order valence-electron chi connectivity index (χ1n) is 4.34. The molecule has 0 radical (unpaired) electrons. The van der Waals surface area contributed by atoms with Gasteiger partial charge in [-0.05, 0) is 0 Å². The first kappa shape index (κ1) is 10.5. The summed E-state index contributed by atoms with van der Waals surface area (Å²) < 4.78 is 1.73. The van der Waals surface area contributed by atoms with Gasteiger partial charge < -0.3 is 16.3 Å². The standard InChI is InChI=1S/C7H14N6O/c8-7(11-14)1-2-9-3-5-13-6-4-10-12-13/h4,6,9,14H,1-3,5H2,(H2,8,11). The van der Waals surface area contributed by atoms with E-state index >= 15 is 0 Å². The van der Waals surface area contributed by atoms with Crippen LogP contribution < -0.4 is 11.1 Å². The smallest absolute Gasteiger partial charge is 0.140 e. The lowest BCUT2D eigenvalue weighted by Gasteiger charge is -2.03. The summed E-state index contributed by atoms with van der Waals surface area (Å²) in [6, 6.07) is 0. The number of oxime groups is 1. The summed E-state index contributed by atoms with van der Waals surface area (Å²) in [6.07, 6.45) is 3.97. The lowest BCUT2D eigenvalue weighted by atomic mass is 10.4. The third kappa shape index (κ3) is 3.85. The first-order chi connectivity index (χ1) is 6.83. The van der Waals surface area contributed by atoms with E-state index in [4.69, 9.17) is 10.9 Å². The number of nitrogens with one attached hydrogen (secondary N) is 1. The summed E-state index contributed by atoms with van der Waals surface area (Å²) in [4.78, 5) is 0. The number of nitrogens with two attached hydrogens (primary N) is 1. The zero-order valence-electron chi connectivity index (χ0n) is 7.80. The SMILES string of the molecule is N/C(CCNCCn1ccnn1)=N/O. The summed E-state index contributed by atoms with van der Waals surface area (Å²) in [6.45, 7) is 2.23. The topological polar surface area (TPSA) is 101 Å². The summed E-state index contributed by atoms with van der Waals surface area (Å²) in [5.74, 6) is 0.234. The predicted octanol–water partition coefficient (Wildman–Crippen LogP) is -0.996. The maximum Gasteiger partial charge on any atom is 0.140 e. The minimum absolute atomic E-state index is 0.234. The van der Waals surface area contributed by atoms with Crippen molar-refractivity contribution in [3.63, 3.8) is 0 Å². The Morgan fingerprint density at radius 1 is 1.57 bits per heavy atom. The van der Waals surface area contributed by atoms with Gasteiger partial charge in [0.1, 0.15) is 5.84 Å². The van der Waals surface area contributed by atoms with Crippen LogP contribution in [0, 0.1) is 0 Å². The van der Waals surface area contributed by atoms with E-state index in [1.165, 1.54) is 0 Å². The van der Waals surface area contributed by atoms with Gasteiger partial charge in [-0.2, -0.15) is 0 Å². The molecular weight excluding hydrogens is 184 g/mol. The second kappa shape index (κ2) is 5.92. The van der Waals surface area contributed by atoms with E-state index in [2.05, 4.69) is 20.8 Å². The van der Waals surface area contributed by atoms with Crippen LogP contribution in [0.3, 0.4) is 0 Å². The molecule has 0 fully saturated rings. The third-order valence-electron chi connectivity index (χ3n) is 1.68. The lowest BCUT2D eigenvalue weighted by molar-refractivity contribution is 0.316. The molecule has 1 rings (SSSR count). The van der Waals surface area contributed by atoms with Gasteiger partial charge in [-0.1, -0.05) is 10.4 Å². The quantitative estimate of drug-likeness (QED) is 0.179. The Hall–Kier alpha value is -1.63. The molecule has 1 aromatic heterocycles. The van der Waals surface area contributed by atoms with Gasteiger partial charge in [-0.15, -0.1) is 5.10 Å². The van der Waals surface area contributed by atoms with Crippen molar-refractivity contribution in [3.05, 3.63) is 12.4 Å². The highest BCUT2D eigenvalue weighted by atomic mass is 16.4. The van der Waals surface area contributed by atoms with Crippen LogP contribution in [0.15, 0.2) is 17.5 Å². The Kier molecular flexibility index (Phi) is 4.42. The minimum atomic E-state index is 0.234. The second-order valence-electron chi connectivity index (χ2n) is 2.76.